The number of likely N-dealkylation sites (tertiary alicyclic amines) is 2. The Kier molecular flexibility index (Phi) is 4.72. The molecule has 1 aromatic heterocycles. The van der Waals surface area contributed by atoms with Crippen molar-refractivity contribution in [2.24, 2.45) is 5.41 Å². The van der Waals surface area contributed by atoms with Gasteiger partial charge in [0.15, 0.2) is 11.6 Å². The van der Waals surface area contributed by atoms with Crippen LogP contribution in [0.3, 0.4) is 0 Å². The van der Waals surface area contributed by atoms with Crippen LogP contribution in [0.4, 0.5) is 8.78 Å². The first kappa shape index (κ1) is 18.1. The van der Waals surface area contributed by atoms with Crippen LogP contribution >= 0.6 is 0 Å². The maximum absolute atomic E-state index is 14.0. The molecule has 1 spiro atoms. The molecular formula is C20H24F2N4O. The third kappa shape index (κ3) is 3.48. The van der Waals surface area contributed by atoms with E-state index in [0.29, 0.717) is 24.2 Å². The van der Waals surface area contributed by atoms with Crippen LogP contribution in [-0.4, -0.2) is 52.1 Å². The van der Waals surface area contributed by atoms with Crippen molar-refractivity contribution in [3.8, 4) is 0 Å². The highest BCUT2D eigenvalue weighted by atomic mass is 19.2. The van der Waals surface area contributed by atoms with E-state index in [2.05, 4.69) is 15.1 Å². The van der Waals surface area contributed by atoms with E-state index < -0.39 is 11.6 Å². The summed E-state index contributed by atoms with van der Waals surface area (Å²) in [7, 11) is 0. The number of benzene rings is 1. The minimum absolute atomic E-state index is 0.0198. The van der Waals surface area contributed by atoms with Gasteiger partial charge in [0.05, 0.1) is 11.8 Å². The van der Waals surface area contributed by atoms with E-state index in [-0.39, 0.29) is 11.3 Å². The predicted octanol–water partition coefficient (Wildman–Crippen LogP) is 3.12. The highest BCUT2D eigenvalue weighted by Crippen LogP contribution is 2.40. The Hall–Kier alpha value is -2.28. The van der Waals surface area contributed by atoms with E-state index in [1.165, 1.54) is 0 Å². The average molecular weight is 374 g/mol. The maximum Gasteiger partial charge on any atom is 0.257 e. The molecule has 7 heteroatoms. The zero-order chi connectivity index (χ0) is 19.0. The Morgan fingerprint density at radius 1 is 1.26 bits per heavy atom. The van der Waals surface area contributed by atoms with Crippen LogP contribution < -0.4 is 0 Å². The van der Waals surface area contributed by atoms with E-state index >= 15 is 0 Å². The van der Waals surface area contributed by atoms with Gasteiger partial charge in [0.1, 0.15) is 0 Å². The fourth-order valence-corrected chi connectivity index (χ4v) is 4.53. The Morgan fingerprint density at radius 2 is 2.11 bits per heavy atom. The molecule has 1 amide bonds. The summed E-state index contributed by atoms with van der Waals surface area (Å²) < 4.78 is 27.5. The van der Waals surface area contributed by atoms with Crippen molar-refractivity contribution in [3.63, 3.8) is 0 Å². The van der Waals surface area contributed by atoms with Crippen molar-refractivity contribution >= 4 is 5.91 Å². The summed E-state index contributed by atoms with van der Waals surface area (Å²) in [4.78, 5) is 16.9. The molecule has 4 rings (SSSR count). The van der Waals surface area contributed by atoms with E-state index in [4.69, 9.17) is 0 Å². The second kappa shape index (κ2) is 7.03. The van der Waals surface area contributed by atoms with Crippen LogP contribution in [-0.2, 0) is 6.54 Å². The molecule has 1 aromatic carbocycles. The van der Waals surface area contributed by atoms with Crippen molar-refractivity contribution in [3.05, 3.63) is 52.9 Å². The van der Waals surface area contributed by atoms with Crippen LogP contribution in [0.25, 0.3) is 0 Å². The molecule has 0 saturated carbocycles. The number of hydrogen-bond donors (Lipinski definition) is 1. The molecule has 2 saturated heterocycles. The van der Waals surface area contributed by atoms with E-state index in [1.807, 2.05) is 11.8 Å². The fourth-order valence-electron chi connectivity index (χ4n) is 4.53. The van der Waals surface area contributed by atoms with Gasteiger partial charge in [-0.1, -0.05) is 12.1 Å². The molecule has 0 aliphatic carbocycles. The smallest absolute Gasteiger partial charge is 0.257 e. The molecule has 2 aliphatic rings. The van der Waals surface area contributed by atoms with Gasteiger partial charge in [-0.05, 0) is 38.8 Å². The van der Waals surface area contributed by atoms with Crippen molar-refractivity contribution in [2.75, 3.05) is 26.2 Å². The molecular weight excluding hydrogens is 350 g/mol. The normalized spacial score (nSPS) is 23.3. The van der Waals surface area contributed by atoms with Gasteiger partial charge >= 0.3 is 0 Å². The first-order chi connectivity index (χ1) is 13.0. The number of carbonyl (C=O) groups excluding carboxylic acids is 1. The number of nitrogens with zero attached hydrogens (tertiary/aromatic N) is 3. The minimum atomic E-state index is -0.799. The highest BCUT2D eigenvalue weighted by molar-refractivity contribution is 5.95. The number of aromatic amines is 1. The monoisotopic (exact) mass is 374 g/mol. The standard InChI is InChI=1S/C20H24F2N4O/c1-14-16(10-23-24-14)19(27)26-9-7-20(13-26)6-3-8-25(12-20)11-15-4-2-5-17(21)18(15)22/h2,4-5,10H,3,6-9,11-13H2,1H3,(H,23,24)/t20-/m0/s1. The van der Waals surface area contributed by atoms with Gasteiger partial charge in [0, 0.05) is 42.9 Å². The number of amides is 1. The Morgan fingerprint density at radius 3 is 2.89 bits per heavy atom. The van der Waals surface area contributed by atoms with Gasteiger partial charge < -0.3 is 4.90 Å². The molecule has 2 aromatic rings. The lowest BCUT2D eigenvalue weighted by atomic mass is 9.79. The molecule has 0 bridgehead atoms. The number of piperidine rings is 1. The fraction of sp³-hybridized carbons (Fsp3) is 0.500. The molecule has 27 heavy (non-hydrogen) atoms. The number of aromatic nitrogens is 2. The number of carbonyl (C=O) groups is 1. The minimum Gasteiger partial charge on any atom is -0.338 e. The van der Waals surface area contributed by atoms with Gasteiger partial charge in [-0.3, -0.25) is 14.8 Å². The predicted molar refractivity (Wildman–Crippen MR) is 97.1 cm³/mol. The molecule has 3 heterocycles. The summed E-state index contributed by atoms with van der Waals surface area (Å²) in [5, 5.41) is 6.76. The Bertz CT molecular complexity index is 852. The molecule has 2 fully saturated rings. The van der Waals surface area contributed by atoms with Crippen molar-refractivity contribution in [2.45, 2.75) is 32.7 Å². The number of rotatable bonds is 3. The van der Waals surface area contributed by atoms with E-state index in [9.17, 15) is 13.6 Å². The average Bonchev–Trinajstić information content (AvgIpc) is 3.25. The lowest BCUT2D eigenvalue weighted by Crippen LogP contribution is -2.45. The summed E-state index contributed by atoms with van der Waals surface area (Å²) in [5.41, 5.74) is 1.84. The van der Waals surface area contributed by atoms with Crippen LogP contribution in [0.15, 0.2) is 24.4 Å². The van der Waals surface area contributed by atoms with Gasteiger partial charge in [-0.2, -0.15) is 5.10 Å². The van der Waals surface area contributed by atoms with Gasteiger partial charge in [0.25, 0.3) is 5.91 Å². The Balaban J connectivity index is 1.44. The van der Waals surface area contributed by atoms with Crippen molar-refractivity contribution in [1.82, 2.24) is 20.0 Å². The summed E-state index contributed by atoms with van der Waals surface area (Å²) >= 11 is 0. The SMILES string of the molecule is Cc1[nH]ncc1C(=O)N1CC[C@]2(CCCN(Cc3cccc(F)c3F)C2)C1. The molecule has 0 unspecified atom stereocenters. The van der Waals surface area contributed by atoms with Crippen LogP contribution in [0, 0.1) is 24.0 Å². The van der Waals surface area contributed by atoms with Gasteiger partial charge in [-0.15, -0.1) is 0 Å². The molecule has 1 N–H and O–H groups in total. The van der Waals surface area contributed by atoms with Crippen LogP contribution in [0.1, 0.15) is 40.9 Å². The molecule has 2 aliphatic heterocycles. The molecule has 0 radical (unpaired) electrons. The third-order valence-electron chi connectivity index (χ3n) is 5.95. The van der Waals surface area contributed by atoms with Gasteiger partial charge in [-0.25, -0.2) is 8.78 Å². The first-order valence-electron chi connectivity index (χ1n) is 9.42. The second-order valence-corrected chi connectivity index (χ2v) is 7.91. The lowest BCUT2D eigenvalue weighted by Gasteiger charge is -2.40. The third-order valence-corrected chi connectivity index (χ3v) is 5.95. The maximum atomic E-state index is 14.0. The highest BCUT2D eigenvalue weighted by Gasteiger charge is 2.43. The van der Waals surface area contributed by atoms with Crippen molar-refractivity contribution in [1.29, 1.82) is 0 Å². The molecule has 144 valence electrons. The first-order valence-corrected chi connectivity index (χ1v) is 9.42. The zero-order valence-corrected chi connectivity index (χ0v) is 15.5. The van der Waals surface area contributed by atoms with Crippen molar-refractivity contribution < 1.29 is 13.6 Å². The summed E-state index contributed by atoms with van der Waals surface area (Å²) in [6, 6.07) is 4.34. The lowest BCUT2D eigenvalue weighted by molar-refractivity contribution is 0.0672. The topological polar surface area (TPSA) is 52.2 Å². The van der Waals surface area contributed by atoms with Crippen LogP contribution in [0.5, 0.6) is 0 Å². The largest absolute Gasteiger partial charge is 0.338 e. The number of hydrogen-bond acceptors (Lipinski definition) is 3. The molecule has 1 atom stereocenters. The van der Waals surface area contributed by atoms with E-state index in [1.54, 1.807) is 18.3 Å². The van der Waals surface area contributed by atoms with Gasteiger partial charge in [0.2, 0.25) is 0 Å². The summed E-state index contributed by atoms with van der Waals surface area (Å²) in [6.45, 7) is 5.36. The Labute approximate surface area is 157 Å². The summed E-state index contributed by atoms with van der Waals surface area (Å²) in [6.07, 6.45) is 4.59. The number of halogens is 2. The zero-order valence-electron chi connectivity index (χ0n) is 15.5. The van der Waals surface area contributed by atoms with Crippen LogP contribution in [0.2, 0.25) is 0 Å². The number of H-pyrrole nitrogens is 1. The number of nitrogens with one attached hydrogen (secondary N) is 1. The molecule has 5 nitrogen and oxygen atoms in total. The number of aryl methyl sites for hydroxylation is 1. The summed E-state index contributed by atoms with van der Waals surface area (Å²) in [5.74, 6) is -1.53. The van der Waals surface area contributed by atoms with E-state index in [0.717, 1.165) is 50.7 Å². The second-order valence-electron chi connectivity index (χ2n) is 7.91. The quantitative estimate of drug-likeness (QED) is 0.898.